The van der Waals surface area contributed by atoms with Crippen LogP contribution >= 0.6 is 0 Å². The highest BCUT2D eigenvalue weighted by Crippen LogP contribution is 2.24. The number of nitrogens with zero attached hydrogens (tertiary/aromatic N) is 1. The molecule has 138 valence electrons. The van der Waals surface area contributed by atoms with Crippen molar-refractivity contribution in [3.05, 3.63) is 71.8 Å². The van der Waals surface area contributed by atoms with E-state index in [1.54, 1.807) is 0 Å². The summed E-state index contributed by atoms with van der Waals surface area (Å²) in [6.45, 7) is 5.76. The van der Waals surface area contributed by atoms with Gasteiger partial charge in [-0.1, -0.05) is 60.7 Å². The quantitative estimate of drug-likeness (QED) is 0.768. The van der Waals surface area contributed by atoms with Crippen molar-refractivity contribution in [2.75, 3.05) is 19.6 Å². The van der Waals surface area contributed by atoms with Gasteiger partial charge in [-0.2, -0.15) is 0 Å². The van der Waals surface area contributed by atoms with E-state index >= 15 is 0 Å². The second kappa shape index (κ2) is 9.51. The van der Waals surface area contributed by atoms with Gasteiger partial charge >= 0.3 is 0 Å². The molecule has 0 radical (unpaired) electrons. The number of carbonyl (C=O) groups excluding carboxylic acids is 1. The predicted molar refractivity (Wildman–Crippen MR) is 106 cm³/mol. The Labute approximate surface area is 156 Å². The minimum atomic E-state index is 0.105. The molecule has 1 heterocycles. The number of likely N-dealkylation sites (tertiary alicyclic amines) is 1. The molecule has 1 saturated heterocycles. The van der Waals surface area contributed by atoms with Gasteiger partial charge in [-0.15, -0.1) is 0 Å². The van der Waals surface area contributed by atoms with E-state index in [-0.39, 0.29) is 5.91 Å². The van der Waals surface area contributed by atoms with Gasteiger partial charge in [0.05, 0.1) is 0 Å². The second-order valence-electron chi connectivity index (χ2n) is 7.03. The number of amides is 1. The number of hydrogen-bond acceptors (Lipinski definition) is 3. The van der Waals surface area contributed by atoms with Crippen molar-refractivity contribution in [1.29, 1.82) is 0 Å². The van der Waals surface area contributed by atoms with Gasteiger partial charge in [0.25, 0.3) is 0 Å². The molecule has 1 amide bonds. The maximum atomic E-state index is 12.0. The minimum Gasteiger partial charge on any atom is -0.352 e. The summed E-state index contributed by atoms with van der Waals surface area (Å²) in [6, 6.07) is 21.6. The van der Waals surface area contributed by atoms with Crippen LogP contribution in [0.4, 0.5) is 0 Å². The summed E-state index contributed by atoms with van der Waals surface area (Å²) in [6.07, 6.45) is 1.67. The fourth-order valence-electron chi connectivity index (χ4n) is 3.52. The summed E-state index contributed by atoms with van der Waals surface area (Å²) in [5, 5.41) is 6.53. The fraction of sp³-hybridized carbons (Fsp3) is 0.409. The lowest BCUT2D eigenvalue weighted by molar-refractivity contribution is -0.121. The average Bonchev–Trinajstić information content (AvgIpc) is 3.16. The molecular weight excluding hydrogens is 322 g/mol. The maximum Gasteiger partial charge on any atom is 0.221 e. The van der Waals surface area contributed by atoms with Gasteiger partial charge in [0.2, 0.25) is 5.91 Å². The van der Waals surface area contributed by atoms with Crippen LogP contribution in [0.3, 0.4) is 0 Å². The molecule has 2 aromatic rings. The Morgan fingerprint density at radius 2 is 1.81 bits per heavy atom. The third kappa shape index (κ3) is 5.41. The highest BCUT2D eigenvalue weighted by Gasteiger charge is 2.26. The van der Waals surface area contributed by atoms with Gasteiger partial charge in [0, 0.05) is 44.7 Å². The average molecular weight is 351 g/mol. The van der Waals surface area contributed by atoms with E-state index in [4.69, 9.17) is 0 Å². The van der Waals surface area contributed by atoms with Gasteiger partial charge in [-0.25, -0.2) is 0 Å². The number of rotatable bonds is 8. The van der Waals surface area contributed by atoms with Crippen molar-refractivity contribution in [2.45, 2.75) is 38.4 Å². The lowest BCUT2D eigenvalue weighted by Gasteiger charge is -2.24. The van der Waals surface area contributed by atoms with Gasteiger partial charge in [0.1, 0.15) is 0 Å². The van der Waals surface area contributed by atoms with Gasteiger partial charge < -0.3 is 10.6 Å². The predicted octanol–water partition coefficient (Wildman–Crippen LogP) is 3.12. The summed E-state index contributed by atoms with van der Waals surface area (Å²) in [5.41, 5.74) is 2.50. The SMILES string of the molecule is C[C@@H](c1ccccc1)N1CC[C@@H](NCCC(=O)NCc2ccccc2)C1. The molecule has 0 aromatic heterocycles. The van der Waals surface area contributed by atoms with Crippen LogP contribution < -0.4 is 10.6 Å². The molecule has 1 fully saturated rings. The number of benzene rings is 2. The summed E-state index contributed by atoms with van der Waals surface area (Å²) in [5.74, 6) is 0.105. The third-order valence-corrected chi connectivity index (χ3v) is 5.17. The zero-order chi connectivity index (χ0) is 18.2. The van der Waals surface area contributed by atoms with Crippen LogP contribution in [0.25, 0.3) is 0 Å². The van der Waals surface area contributed by atoms with Crippen LogP contribution in [0.2, 0.25) is 0 Å². The second-order valence-corrected chi connectivity index (χ2v) is 7.03. The Balaban J connectivity index is 1.34. The standard InChI is InChI=1S/C22H29N3O/c1-18(20-10-6-3-7-11-20)25-15-13-21(17-25)23-14-12-22(26)24-16-19-8-4-2-5-9-19/h2-11,18,21,23H,12-17H2,1H3,(H,24,26)/t18-,21+/m0/s1. The first kappa shape index (κ1) is 18.6. The molecule has 0 bridgehead atoms. The van der Waals surface area contributed by atoms with Gasteiger partial charge in [-0.3, -0.25) is 9.69 Å². The monoisotopic (exact) mass is 351 g/mol. The van der Waals surface area contributed by atoms with Crippen molar-refractivity contribution < 1.29 is 4.79 Å². The number of hydrogen-bond donors (Lipinski definition) is 2. The molecule has 3 rings (SSSR count). The van der Waals surface area contributed by atoms with Crippen molar-refractivity contribution in [3.8, 4) is 0 Å². The van der Waals surface area contributed by atoms with Crippen molar-refractivity contribution in [1.82, 2.24) is 15.5 Å². The molecule has 0 unspecified atom stereocenters. The Hall–Kier alpha value is -2.17. The molecule has 2 aromatic carbocycles. The van der Waals surface area contributed by atoms with Crippen LogP contribution in [0.15, 0.2) is 60.7 Å². The van der Waals surface area contributed by atoms with E-state index in [1.807, 2.05) is 30.3 Å². The lowest BCUT2D eigenvalue weighted by atomic mass is 10.1. The number of nitrogens with one attached hydrogen (secondary N) is 2. The molecule has 4 heteroatoms. The van der Waals surface area contributed by atoms with Crippen molar-refractivity contribution in [3.63, 3.8) is 0 Å². The van der Waals surface area contributed by atoms with E-state index in [1.165, 1.54) is 5.56 Å². The Morgan fingerprint density at radius 1 is 1.12 bits per heavy atom. The van der Waals surface area contributed by atoms with Crippen molar-refractivity contribution >= 4 is 5.91 Å². The van der Waals surface area contributed by atoms with Crippen LogP contribution in [-0.4, -0.2) is 36.5 Å². The Kier molecular flexibility index (Phi) is 6.81. The zero-order valence-corrected chi connectivity index (χ0v) is 15.5. The molecular formula is C22H29N3O. The molecule has 0 aliphatic carbocycles. The largest absolute Gasteiger partial charge is 0.352 e. The molecule has 2 atom stereocenters. The topological polar surface area (TPSA) is 44.4 Å². The molecule has 0 spiro atoms. The van der Waals surface area contributed by atoms with E-state index in [9.17, 15) is 4.79 Å². The highest BCUT2D eigenvalue weighted by atomic mass is 16.1. The Bertz CT molecular complexity index is 674. The first-order valence-corrected chi connectivity index (χ1v) is 9.55. The summed E-state index contributed by atoms with van der Waals surface area (Å²) in [7, 11) is 0. The first-order valence-electron chi connectivity index (χ1n) is 9.55. The minimum absolute atomic E-state index is 0.105. The molecule has 26 heavy (non-hydrogen) atoms. The van der Waals surface area contributed by atoms with E-state index < -0.39 is 0 Å². The third-order valence-electron chi connectivity index (χ3n) is 5.17. The molecule has 1 aliphatic rings. The van der Waals surface area contributed by atoms with Gasteiger partial charge in [-0.05, 0) is 24.5 Å². The van der Waals surface area contributed by atoms with Gasteiger partial charge in [0.15, 0.2) is 0 Å². The highest BCUT2D eigenvalue weighted by molar-refractivity contribution is 5.76. The summed E-state index contributed by atoms with van der Waals surface area (Å²) < 4.78 is 0. The van der Waals surface area contributed by atoms with Crippen molar-refractivity contribution in [2.24, 2.45) is 0 Å². The molecule has 4 nitrogen and oxygen atoms in total. The van der Waals surface area contributed by atoms with E-state index in [0.717, 1.165) is 31.6 Å². The zero-order valence-electron chi connectivity index (χ0n) is 15.5. The maximum absolute atomic E-state index is 12.0. The summed E-state index contributed by atoms with van der Waals surface area (Å²) in [4.78, 5) is 14.5. The normalized spacial score (nSPS) is 18.6. The van der Waals surface area contributed by atoms with Crippen LogP contribution in [0.5, 0.6) is 0 Å². The molecule has 1 aliphatic heterocycles. The van der Waals surface area contributed by atoms with Crippen LogP contribution in [0, 0.1) is 0 Å². The summed E-state index contributed by atoms with van der Waals surface area (Å²) >= 11 is 0. The Morgan fingerprint density at radius 3 is 2.54 bits per heavy atom. The van der Waals surface area contributed by atoms with Crippen LogP contribution in [-0.2, 0) is 11.3 Å². The lowest BCUT2D eigenvalue weighted by Crippen LogP contribution is -2.36. The molecule has 2 N–H and O–H groups in total. The molecule has 0 saturated carbocycles. The van der Waals surface area contributed by atoms with E-state index in [0.29, 0.717) is 25.0 Å². The smallest absolute Gasteiger partial charge is 0.221 e. The van der Waals surface area contributed by atoms with E-state index in [2.05, 4.69) is 52.8 Å². The van der Waals surface area contributed by atoms with Crippen LogP contribution in [0.1, 0.15) is 36.9 Å². The first-order chi connectivity index (χ1) is 12.7. The number of carbonyl (C=O) groups is 1. The fourth-order valence-corrected chi connectivity index (χ4v) is 3.52.